The Morgan fingerprint density at radius 1 is 1.19 bits per heavy atom. The lowest BCUT2D eigenvalue weighted by atomic mass is 10.0. The second-order valence-corrected chi connectivity index (χ2v) is 6.62. The normalized spacial score (nSPS) is 16.9. The Labute approximate surface area is 157 Å². The summed E-state index contributed by atoms with van der Waals surface area (Å²) >= 11 is 5.94. The third kappa shape index (κ3) is 4.17. The molecule has 1 fully saturated rings. The van der Waals surface area contributed by atoms with Gasteiger partial charge in [-0.1, -0.05) is 35.9 Å². The van der Waals surface area contributed by atoms with Crippen molar-refractivity contribution in [3.05, 3.63) is 64.7 Å². The highest BCUT2D eigenvalue weighted by atomic mass is 35.5. The molecular formula is C20H21ClN2O3. The van der Waals surface area contributed by atoms with E-state index < -0.39 is 6.04 Å². The molecule has 5 nitrogen and oxygen atoms in total. The van der Waals surface area contributed by atoms with Gasteiger partial charge >= 0.3 is 0 Å². The summed E-state index contributed by atoms with van der Waals surface area (Å²) in [6.45, 7) is 0.970. The van der Waals surface area contributed by atoms with Crippen molar-refractivity contribution in [3.63, 3.8) is 0 Å². The molecule has 0 radical (unpaired) electrons. The van der Waals surface area contributed by atoms with E-state index in [1.807, 2.05) is 24.3 Å². The first-order valence-electron chi connectivity index (χ1n) is 8.54. The predicted molar refractivity (Wildman–Crippen MR) is 100 cm³/mol. The fourth-order valence-corrected chi connectivity index (χ4v) is 3.23. The molecule has 0 bridgehead atoms. The summed E-state index contributed by atoms with van der Waals surface area (Å²) in [5, 5.41) is 3.44. The number of ether oxygens (including phenoxy) is 1. The molecule has 1 aliphatic heterocycles. The number of rotatable bonds is 5. The molecule has 1 atom stereocenters. The van der Waals surface area contributed by atoms with Crippen LogP contribution in [0.15, 0.2) is 48.5 Å². The zero-order chi connectivity index (χ0) is 18.5. The molecular weight excluding hydrogens is 352 g/mol. The number of hydrogen-bond donors (Lipinski definition) is 1. The Hall–Kier alpha value is -2.53. The number of hydrogen-bond acceptors (Lipinski definition) is 3. The molecule has 136 valence electrons. The minimum atomic E-state index is -0.607. The molecule has 1 heterocycles. The second-order valence-electron chi connectivity index (χ2n) is 6.18. The molecule has 2 aromatic carbocycles. The van der Waals surface area contributed by atoms with Crippen molar-refractivity contribution < 1.29 is 14.3 Å². The summed E-state index contributed by atoms with van der Waals surface area (Å²) in [6, 6.07) is 14.1. The van der Waals surface area contributed by atoms with Crippen molar-refractivity contribution in [2.24, 2.45) is 0 Å². The van der Waals surface area contributed by atoms with Crippen LogP contribution >= 0.6 is 11.6 Å². The Balaban J connectivity index is 1.70. The van der Waals surface area contributed by atoms with Gasteiger partial charge in [0.1, 0.15) is 11.8 Å². The average molecular weight is 373 g/mol. The third-order valence-electron chi connectivity index (χ3n) is 4.50. The van der Waals surface area contributed by atoms with Gasteiger partial charge in [0.15, 0.2) is 0 Å². The van der Waals surface area contributed by atoms with Crippen molar-refractivity contribution in [1.29, 1.82) is 0 Å². The Morgan fingerprint density at radius 2 is 1.88 bits per heavy atom. The number of nitrogens with one attached hydrogen (secondary N) is 1. The Morgan fingerprint density at radius 3 is 2.54 bits per heavy atom. The number of carbonyl (C=O) groups excluding carboxylic acids is 2. The number of benzene rings is 2. The van der Waals surface area contributed by atoms with Gasteiger partial charge in [0.25, 0.3) is 0 Å². The molecule has 2 amide bonds. The fraction of sp³-hybridized carbons (Fsp3) is 0.300. The number of amides is 2. The molecule has 1 saturated heterocycles. The quantitative estimate of drug-likeness (QED) is 0.877. The zero-order valence-electron chi connectivity index (χ0n) is 14.6. The summed E-state index contributed by atoms with van der Waals surface area (Å²) in [5.41, 5.74) is 1.83. The maximum absolute atomic E-state index is 12.8. The number of methoxy groups -OCH3 is 1. The van der Waals surface area contributed by atoms with E-state index >= 15 is 0 Å². The first-order valence-corrected chi connectivity index (χ1v) is 8.92. The van der Waals surface area contributed by atoms with Gasteiger partial charge in [0.2, 0.25) is 11.8 Å². The monoisotopic (exact) mass is 372 g/mol. The standard InChI is InChI=1S/C20H21ClN2O3/c1-26-17-9-2-14(3-10-17)4-11-18(24)23-13-12-22-20(25)19(23)15-5-7-16(21)8-6-15/h2-3,5-10,19H,4,11-13H2,1H3,(H,22,25). The van der Waals surface area contributed by atoms with Crippen molar-refractivity contribution in [3.8, 4) is 5.75 Å². The number of piperazine rings is 1. The summed E-state index contributed by atoms with van der Waals surface area (Å²) < 4.78 is 5.14. The maximum Gasteiger partial charge on any atom is 0.247 e. The van der Waals surface area contributed by atoms with E-state index in [0.717, 1.165) is 16.9 Å². The highest BCUT2D eigenvalue weighted by Crippen LogP contribution is 2.26. The van der Waals surface area contributed by atoms with E-state index in [1.54, 1.807) is 36.3 Å². The van der Waals surface area contributed by atoms with Crippen LogP contribution in [0.2, 0.25) is 5.02 Å². The molecule has 0 aromatic heterocycles. The summed E-state index contributed by atoms with van der Waals surface area (Å²) in [6.07, 6.45) is 0.970. The van der Waals surface area contributed by atoms with Crippen molar-refractivity contribution >= 4 is 23.4 Å². The summed E-state index contributed by atoms with van der Waals surface area (Å²) in [7, 11) is 1.62. The molecule has 1 N–H and O–H groups in total. The smallest absolute Gasteiger partial charge is 0.247 e. The lowest BCUT2D eigenvalue weighted by Crippen LogP contribution is -2.52. The summed E-state index contributed by atoms with van der Waals surface area (Å²) in [5.74, 6) is 0.600. The predicted octanol–water partition coefficient (Wildman–Crippen LogP) is 2.98. The molecule has 26 heavy (non-hydrogen) atoms. The third-order valence-corrected chi connectivity index (χ3v) is 4.76. The van der Waals surface area contributed by atoms with Crippen molar-refractivity contribution in [1.82, 2.24) is 10.2 Å². The van der Waals surface area contributed by atoms with Gasteiger partial charge in [-0.2, -0.15) is 0 Å². The minimum absolute atomic E-state index is 0.0318. The lowest BCUT2D eigenvalue weighted by molar-refractivity contribution is -0.143. The number of nitrogens with zero attached hydrogens (tertiary/aromatic N) is 1. The number of halogens is 1. The maximum atomic E-state index is 12.8. The Bertz CT molecular complexity index is 775. The van der Waals surface area contributed by atoms with Gasteiger partial charge in [-0.25, -0.2) is 0 Å². The van der Waals surface area contributed by atoms with E-state index in [4.69, 9.17) is 16.3 Å². The average Bonchev–Trinajstić information content (AvgIpc) is 2.67. The van der Waals surface area contributed by atoms with E-state index in [1.165, 1.54) is 0 Å². The van der Waals surface area contributed by atoms with Gasteiger partial charge in [0, 0.05) is 24.5 Å². The van der Waals surface area contributed by atoms with Crippen molar-refractivity contribution in [2.75, 3.05) is 20.2 Å². The highest BCUT2D eigenvalue weighted by molar-refractivity contribution is 6.30. The van der Waals surface area contributed by atoms with Crippen LogP contribution in [-0.2, 0) is 16.0 Å². The first kappa shape index (κ1) is 18.3. The van der Waals surface area contributed by atoms with E-state index in [2.05, 4.69) is 5.32 Å². The van der Waals surface area contributed by atoms with Gasteiger partial charge in [0.05, 0.1) is 7.11 Å². The molecule has 1 aliphatic rings. The zero-order valence-corrected chi connectivity index (χ0v) is 15.3. The molecule has 2 aromatic rings. The topological polar surface area (TPSA) is 58.6 Å². The van der Waals surface area contributed by atoms with Crippen LogP contribution in [0.3, 0.4) is 0 Å². The van der Waals surface area contributed by atoms with Crippen LogP contribution in [0, 0.1) is 0 Å². The van der Waals surface area contributed by atoms with Gasteiger partial charge in [-0.3, -0.25) is 9.59 Å². The van der Waals surface area contributed by atoms with E-state index in [0.29, 0.717) is 31.0 Å². The molecule has 0 spiro atoms. The van der Waals surface area contributed by atoms with E-state index in [-0.39, 0.29) is 11.8 Å². The van der Waals surface area contributed by atoms with Crippen molar-refractivity contribution in [2.45, 2.75) is 18.9 Å². The summed E-state index contributed by atoms with van der Waals surface area (Å²) in [4.78, 5) is 26.8. The largest absolute Gasteiger partial charge is 0.497 e. The molecule has 0 aliphatic carbocycles. The minimum Gasteiger partial charge on any atom is -0.497 e. The van der Waals surface area contributed by atoms with Crippen LogP contribution < -0.4 is 10.1 Å². The molecule has 1 unspecified atom stereocenters. The van der Waals surface area contributed by atoms with Crippen LogP contribution in [0.5, 0.6) is 5.75 Å². The van der Waals surface area contributed by atoms with Gasteiger partial charge in [-0.05, 0) is 41.8 Å². The van der Waals surface area contributed by atoms with Gasteiger partial charge in [-0.15, -0.1) is 0 Å². The molecule has 3 rings (SSSR count). The first-order chi connectivity index (χ1) is 12.6. The molecule has 6 heteroatoms. The second kappa shape index (κ2) is 8.23. The lowest BCUT2D eigenvalue weighted by Gasteiger charge is -2.35. The van der Waals surface area contributed by atoms with E-state index in [9.17, 15) is 9.59 Å². The van der Waals surface area contributed by atoms with Gasteiger partial charge < -0.3 is 15.0 Å². The van der Waals surface area contributed by atoms with Crippen LogP contribution in [0.4, 0.5) is 0 Å². The molecule has 0 saturated carbocycles. The number of carbonyl (C=O) groups is 2. The fourth-order valence-electron chi connectivity index (χ4n) is 3.10. The van der Waals surface area contributed by atoms with Crippen LogP contribution in [-0.4, -0.2) is 36.9 Å². The Kier molecular flexibility index (Phi) is 5.78. The van der Waals surface area contributed by atoms with Crippen LogP contribution in [0.25, 0.3) is 0 Å². The highest BCUT2D eigenvalue weighted by Gasteiger charge is 2.33. The van der Waals surface area contributed by atoms with Crippen LogP contribution in [0.1, 0.15) is 23.6 Å². The SMILES string of the molecule is COc1ccc(CCC(=O)N2CCNC(=O)C2c2ccc(Cl)cc2)cc1. The number of aryl methyl sites for hydroxylation is 1.